The molecule has 0 atom stereocenters. The number of ketones is 1. The molecule has 0 amide bonds. The van der Waals surface area contributed by atoms with Gasteiger partial charge in [0.15, 0.2) is 0 Å². The monoisotopic (exact) mass is 217 g/mol. The van der Waals surface area contributed by atoms with Crippen molar-refractivity contribution in [3.8, 4) is 5.88 Å². The van der Waals surface area contributed by atoms with Crippen molar-refractivity contribution in [3.63, 3.8) is 0 Å². The van der Waals surface area contributed by atoms with Gasteiger partial charge in [0.1, 0.15) is 5.78 Å². The third kappa shape index (κ3) is 1.81. The Kier molecular flexibility index (Phi) is 2.69. The van der Waals surface area contributed by atoms with Crippen LogP contribution in [0.25, 0.3) is 10.8 Å². The first kappa shape index (κ1) is 10.7. The van der Waals surface area contributed by atoms with Gasteiger partial charge in [-0.25, -0.2) is 0 Å². The van der Waals surface area contributed by atoms with Crippen LogP contribution in [0, 0.1) is 0 Å². The van der Waals surface area contributed by atoms with Crippen LogP contribution in [0.1, 0.15) is 12.5 Å². The SMILES string of the molecule is COc1c2ccc(CC(C)=O)cc2cn1C. The second-order valence-electron chi connectivity index (χ2n) is 4.05. The molecule has 0 bridgehead atoms. The van der Waals surface area contributed by atoms with Gasteiger partial charge in [-0.3, -0.25) is 4.79 Å². The Bertz CT molecular complexity index is 540. The molecule has 0 spiro atoms. The lowest BCUT2D eigenvalue weighted by Crippen LogP contribution is -1.95. The Hall–Kier alpha value is -1.77. The summed E-state index contributed by atoms with van der Waals surface area (Å²) in [5.74, 6) is 1.03. The molecule has 3 heteroatoms. The van der Waals surface area contributed by atoms with Crippen LogP contribution in [0.4, 0.5) is 0 Å². The van der Waals surface area contributed by atoms with Crippen LogP contribution in [0.3, 0.4) is 0 Å². The van der Waals surface area contributed by atoms with Gasteiger partial charge in [0.05, 0.1) is 7.11 Å². The van der Waals surface area contributed by atoms with Gasteiger partial charge in [-0.05, 0) is 24.6 Å². The summed E-state index contributed by atoms with van der Waals surface area (Å²) >= 11 is 0. The van der Waals surface area contributed by atoms with E-state index in [1.54, 1.807) is 14.0 Å². The van der Waals surface area contributed by atoms with Crippen molar-refractivity contribution in [2.24, 2.45) is 7.05 Å². The van der Waals surface area contributed by atoms with Crippen LogP contribution in [-0.4, -0.2) is 17.5 Å². The number of carbonyl (C=O) groups is 1. The highest BCUT2D eigenvalue weighted by atomic mass is 16.5. The van der Waals surface area contributed by atoms with E-state index in [0.717, 1.165) is 22.2 Å². The molecule has 0 saturated heterocycles. The van der Waals surface area contributed by atoms with Crippen LogP contribution in [0.15, 0.2) is 24.4 Å². The molecular weight excluding hydrogens is 202 g/mol. The molecule has 1 aromatic carbocycles. The van der Waals surface area contributed by atoms with Crippen LogP contribution < -0.4 is 4.74 Å². The number of hydrogen-bond acceptors (Lipinski definition) is 2. The molecule has 0 saturated carbocycles. The summed E-state index contributed by atoms with van der Waals surface area (Å²) in [6.45, 7) is 1.61. The van der Waals surface area contributed by atoms with E-state index in [-0.39, 0.29) is 5.78 Å². The summed E-state index contributed by atoms with van der Waals surface area (Å²) in [6.07, 6.45) is 2.50. The number of nitrogens with zero attached hydrogens (tertiary/aromatic N) is 1. The first-order valence-corrected chi connectivity index (χ1v) is 5.23. The zero-order valence-electron chi connectivity index (χ0n) is 9.78. The van der Waals surface area contributed by atoms with Crippen LogP contribution in [0.5, 0.6) is 5.88 Å². The predicted octanol–water partition coefficient (Wildman–Crippen LogP) is 2.32. The zero-order chi connectivity index (χ0) is 11.7. The molecule has 16 heavy (non-hydrogen) atoms. The molecule has 84 valence electrons. The van der Waals surface area contributed by atoms with E-state index in [4.69, 9.17) is 4.74 Å². The molecule has 2 aromatic rings. The number of methoxy groups -OCH3 is 1. The number of ether oxygens (including phenoxy) is 1. The van der Waals surface area contributed by atoms with E-state index in [1.165, 1.54) is 0 Å². The van der Waals surface area contributed by atoms with Gasteiger partial charge in [-0.2, -0.15) is 0 Å². The summed E-state index contributed by atoms with van der Waals surface area (Å²) < 4.78 is 7.26. The highest BCUT2D eigenvalue weighted by Gasteiger charge is 2.08. The van der Waals surface area contributed by atoms with Gasteiger partial charge >= 0.3 is 0 Å². The lowest BCUT2D eigenvalue weighted by molar-refractivity contribution is -0.116. The summed E-state index contributed by atoms with van der Waals surface area (Å²) in [7, 11) is 3.61. The number of benzene rings is 1. The number of carbonyl (C=O) groups excluding carboxylic acids is 1. The number of aromatic nitrogens is 1. The summed E-state index contributed by atoms with van der Waals surface area (Å²) in [6, 6.07) is 6.03. The zero-order valence-corrected chi connectivity index (χ0v) is 9.78. The number of Topliss-reactive ketones (excluding diaryl/α,β-unsaturated/α-hetero) is 1. The third-order valence-electron chi connectivity index (χ3n) is 2.65. The normalized spacial score (nSPS) is 10.7. The molecule has 0 fully saturated rings. The lowest BCUT2D eigenvalue weighted by atomic mass is 10.1. The maximum Gasteiger partial charge on any atom is 0.201 e. The molecule has 0 unspecified atom stereocenters. The van der Waals surface area contributed by atoms with E-state index in [1.807, 2.05) is 36.0 Å². The van der Waals surface area contributed by atoms with Gasteiger partial charge in [0.2, 0.25) is 5.88 Å². The van der Waals surface area contributed by atoms with Crippen molar-refractivity contribution in [1.82, 2.24) is 4.57 Å². The van der Waals surface area contributed by atoms with Gasteiger partial charge in [0.25, 0.3) is 0 Å². The van der Waals surface area contributed by atoms with Gasteiger partial charge < -0.3 is 9.30 Å². The fourth-order valence-corrected chi connectivity index (χ4v) is 2.02. The smallest absolute Gasteiger partial charge is 0.201 e. The van der Waals surface area contributed by atoms with Crippen molar-refractivity contribution in [3.05, 3.63) is 30.0 Å². The van der Waals surface area contributed by atoms with Gasteiger partial charge in [-0.1, -0.05) is 6.07 Å². The molecule has 0 aliphatic rings. The Morgan fingerprint density at radius 1 is 1.44 bits per heavy atom. The maximum atomic E-state index is 11.0. The number of fused-ring (bicyclic) bond motifs is 1. The van der Waals surface area contributed by atoms with Crippen LogP contribution in [-0.2, 0) is 18.3 Å². The molecule has 1 heterocycles. The summed E-state index contributed by atoms with van der Waals surface area (Å²) in [5.41, 5.74) is 1.05. The molecule has 0 aliphatic heterocycles. The second kappa shape index (κ2) is 4.00. The standard InChI is InChI=1S/C13H15NO2/c1-9(15)6-10-4-5-12-11(7-10)8-14(2)13(12)16-3/h4-5,7-8H,6H2,1-3H3. The van der Waals surface area contributed by atoms with Crippen LogP contribution >= 0.6 is 0 Å². The first-order chi connectivity index (χ1) is 7.61. The Balaban J connectivity index is 2.51. The second-order valence-corrected chi connectivity index (χ2v) is 4.05. The summed E-state index contributed by atoms with van der Waals surface area (Å²) in [5, 5.41) is 2.19. The Morgan fingerprint density at radius 3 is 2.81 bits per heavy atom. The predicted molar refractivity (Wildman–Crippen MR) is 63.9 cm³/mol. The van der Waals surface area contributed by atoms with Gasteiger partial charge in [-0.15, -0.1) is 0 Å². The van der Waals surface area contributed by atoms with Gasteiger partial charge in [0, 0.05) is 30.4 Å². The molecule has 1 aromatic heterocycles. The van der Waals surface area contributed by atoms with Crippen LogP contribution in [0.2, 0.25) is 0 Å². The fraction of sp³-hybridized carbons (Fsp3) is 0.308. The quantitative estimate of drug-likeness (QED) is 0.790. The van der Waals surface area contributed by atoms with E-state index in [9.17, 15) is 4.79 Å². The van der Waals surface area contributed by atoms with Crippen molar-refractivity contribution < 1.29 is 9.53 Å². The molecule has 2 rings (SSSR count). The largest absolute Gasteiger partial charge is 0.482 e. The Labute approximate surface area is 94.6 Å². The third-order valence-corrected chi connectivity index (χ3v) is 2.65. The molecule has 0 aliphatic carbocycles. The van der Waals surface area contributed by atoms with Crippen molar-refractivity contribution in [2.75, 3.05) is 7.11 Å². The minimum Gasteiger partial charge on any atom is -0.482 e. The maximum absolute atomic E-state index is 11.0. The van der Waals surface area contributed by atoms with E-state index in [2.05, 4.69) is 0 Å². The lowest BCUT2D eigenvalue weighted by Gasteiger charge is -2.01. The molecular formula is C13H15NO2. The summed E-state index contributed by atoms with van der Waals surface area (Å²) in [4.78, 5) is 11.0. The topological polar surface area (TPSA) is 31.2 Å². The van der Waals surface area contributed by atoms with Crippen molar-refractivity contribution in [2.45, 2.75) is 13.3 Å². The highest BCUT2D eigenvalue weighted by molar-refractivity contribution is 5.89. The average Bonchev–Trinajstić information content (AvgIpc) is 2.51. The molecule has 3 nitrogen and oxygen atoms in total. The van der Waals surface area contributed by atoms with Crippen molar-refractivity contribution >= 4 is 16.6 Å². The fourth-order valence-electron chi connectivity index (χ4n) is 2.02. The van der Waals surface area contributed by atoms with E-state index < -0.39 is 0 Å². The average molecular weight is 217 g/mol. The molecule has 0 radical (unpaired) electrons. The van der Waals surface area contributed by atoms with E-state index in [0.29, 0.717) is 6.42 Å². The van der Waals surface area contributed by atoms with E-state index >= 15 is 0 Å². The first-order valence-electron chi connectivity index (χ1n) is 5.23. The number of hydrogen-bond donors (Lipinski definition) is 0. The minimum atomic E-state index is 0.183. The number of aryl methyl sites for hydroxylation is 1. The minimum absolute atomic E-state index is 0.183. The molecule has 0 N–H and O–H groups in total. The Morgan fingerprint density at radius 2 is 2.19 bits per heavy atom. The van der Waals surface area contributed by atoms with Crippen molar-refractivity contribution in [1.29, 1.82) is 0 Å². The highest BCUT2D eigenvalue weighted by Crippen LogP contribution is 2.27. The number of rotatable bonds is 3.